The van der Waals surface area contributed by atoms with Crippen molar-refractivity contribution < 1.29 is 9.25 Å². The molecule has 5 nitrogen and oxygen atoms in total. The van der Waals surface area contributed by atoms with Crippen LogP contribution in [0.4, 0.5) is 0 Å². The number of imidazole rings is 1. The van der Waals surface area contributed by atoms with Gasteiger partial charge < -0.3 is 8.98 Å². The highest BCUT2D eigenvalue weighted by Crippen LogP contribution is 2.24. The molecular formula is C14H19N3O2. The molecule has 0 amide bonds. The van der Waals surface area contributed by atoms with E-state index in [2.05, 4.69) is 10.5 Å². The van der Waals surface area contributed by atoms with Crippen molar-refractivity contribution >= 4 is 0 Å². The second kappa shape index (κ2) is 5.59. The zero-order chi connectivity index (χ0) is 13.1. The lowest BCUT2D eigenvalue weighted by atomic mass is 10.2. The van der Waals surface area contributed by atoms with E-state index in [1.165, 1.54) is 12.8 Å². The summed E-state index contributed by atoms with van der Waals surface area (Å²) in [6.07, 6.45) is 10.4. The van der Waals surface area contributed by atoms with Crippen molar-refractivity contribution in [1.29, 1.82) is 0 Å². The number of nitrogens with zero attached hydrogens (tertiary/aromatic N) is 2. The van der Waals surface area contributed by atoms with Crippen LogP contribution in [-0.2, 0) is 11.9 Å². The van der Waals surface area contributed by atoms with Crippen molar-refractivity contribution in [2.24, 2.45) is 7.05 Å². The fraction of sp³-hybridized carbons (Fsp3) is 0.500. The summed E-state index contributed by atoms with van der Waals surface area (Å²) in [6, 6.07) is 3.64. The first-order valence-corrected chi connectivity index (χ1v) is 6.76. The van der Waals surface area contributed by atoms with E-state index in [0.29, 0.717) is 6.10 Å². The van der Waals surface area contributed by atoms with Crippen molar-refractivity contribution in [2.45, 2.75) is 37.8 Å². The molecule has 1 saturated carbocycles. The average molecular weight is 261 g/mol. The van der Waals surface area contributed by atoms with Gasteiger partial charge >= 0.3 is 0 Å². The van der Waals surface area contributed by atoms with Gasteiger partial charge in [-0.2, -0.15) is 5.48 Å². The van der Waals surface area contributed by atoms with Crippen molar-refractivity contribution in [3.63, 3.8) is 0 Å². The zero-order valence-electron chi connectivity index (χ0n) is 11.1. The standard InChI is InChI=1S/C14H19N3O2/c1-17-9-8-15-14(17)13(12-7-4-10-18-12)16-19-11-5-2-3-6-11/h4,7-11,13,16H,2-3,5-6H2,1H3. The molecule has 1 fully saturated rings. The molecule has 0 saturated heterocycles. The highest BCUT2D eigenvalue weighted by Gasteiger charge is 2.24. The highest BCUT2D eigenvalue weighted by molar-refractivity contribution is 5.14. The normalized spacial score (nSPS) is 17.9. The lowest BCUT2D eigenvalue weighted by Crippen LogP contribution is -2.28. The van der Waals surface area contributed by atoms with Crippen molar-refractivity contribution in [3.05, 3.63) is 42.4 Å². The smallest absolute Gasteiger partial charge is 0.148 e. The van der Waals surface area contributed by atoms with Gasteiger partial charge in [-0.25, -0.2) is 4.98 Å². The molecule has 0 radical (unpaired) electrons. The molecule has 3 rings (SSSR count). The lowest BCUT2D eigenvalue weighted by molar-refractivity contribution is -0.0386. The summed E-state index contributed by atoms with van der Waals surface area (Å²) in [4.78, 5) is 10.2. The summed E-state index contributed by atoms with van der Waals surface area (Å²) in [5.74, 6) is 1.69. The first kappa shape index (κ1) is 12.4. The Hall–Kier alpha value is -1.59. The molecule has 102 valence electrons. The molecule has 0 spiro atoms. The van der Waals surface area contributed by atoms with E-state index in [1.807, 2.05) is 29.9 Å². The molecule has 0 aliphatic heterocycles. The topological polar surface area (TPSA) is 52.2 Å². The molecule has 1 aliphatic carbocycles. The van der Waals surface area contributed by atoms with Gasteiger partial charge in [-0.3, -0.25) is 4.84 Å². The Bertz CT molecular complexity index is 501. The van der Waals surface area contributed by atoms with Crippen molar-refractivity contribution in [2.75, 3.05) is 0 Å². The summed E-state index contributed by atoms with van der Waals surface area (Å²) in [5, 5.41) is 0. The maximum Gasteiger partial charge on any atom is 0.148 e. The van der Waals surface area contributed by atoms with E-state index in [0.717, 1.165) is 24.4 Å². The van der Waals surface area contributed by atoms with Crippen LogP contribution in [-0.4, -0.2) is 15.7 Å². The summed E-state index contributed by atoms with van der Waals surface area (Å²) in [5.41, 5.74) is 3.13. The van der Waals surface area contributed by atoms with Crippen LogP contribution in [0.15, 0.2) is 35.2 Å². The zero-order valence-corrected chi connectivity index (χ0v) is 11.1. The Labute approximate surface area is 112 Å². The number of hydroxylamine groups is 1. The highest BCUT2D eigenvalue weighted by atomic mass is 16.7. The van der Waals surface area contributed by atoms with Gasteiger partial charge in [0, 0.05) is 19.4 Å². The maximum absolute atomic E-state index is 5.80. The minimum atomic E-state index is -0.171. The predicted molar refractivity (Wildman–Crippen MR) is 70.2 cm³/mol. The SMILES string of the molecule is Cn1ccnc1C(NOC1CCCC1)c1ccco1. The molecule has 1 aliphatic rings. The first-order valence-electron chi connectivity index (χ1n) is 6.76. The van der Waals surface area contributed by atoms with E-state index in [1.54, 1.807) is 12.5 Å². The molecule has 1 unspecified atom stereocenters. The maximum atomic E-state index is 5.80. The molecule has 2 aromatic heterocycles. The Morgan fingerprint density at radius 3 is 2.95 bits per heavy atom. The van der Waals surface area contributed by atoms with E-state index < -0.39 is 0 Å². The molecule has 2 heterocycles. The Balaban J connectivity index is 1.75. The summed E-state index contributed by atoms with van der Waals surface area (Å²) in [6.45, 7) is 0. The third-order valence-corrected chi connectivity index (χ3v) is 3.60. The number of aromatic nitrogens is 2. The van der Waals surface area contributed by atoms with Crippen LogP contribution in [0, 0.1) is 0 Å². The van der Waals surface area contributed by atoms with Crippen LogP contribution in [0.2, 0.25) is 0 Å². The van der Waals surface area contributed by atoms with Crippen LogP contribution >= 0.6 is 0 Å². The number of nitrogens with one attached hydrogen (secondary N) is 1. The van der Waals surface area contributed by atoms with Gasteiger partial charge in [-0.15, -0.1) is 0 Å². The minimum absolute atomic E-state index is 0.171. The predicted octanol–water partition coefficient (Wildman–Crippen LogP) is 2.57. The molecular weight excluding hydrogens is 242 g/mol. The number of furan rings is 1. The molecule has 0 aromatic carbocycles. The average Bonchev–Trinajstić information content (AvgIpc) is 3.13. The van der Waals surface area contributed by atoms with Crippen molar-refractivity contribution in [1.82, 2.24) is 15.0 Å². The summed E-state index contributed by atoms with van der Waals surface area (Å²) in [7, 11) is 1.97. The molecule has 2 aromatic rings. The van der Waals surface area contributed by atoms with Crippen LogP contribution < -0.4 is 5.48 Å². The Morgan fingerprint density at radius 1 is 1.47 bits per heavy atom. The van der Waals surface area contributed by atoms with E-state index in [9.17, 15) is 0 Å². The van der Waals surface area contributed by atoms with Crippen LogP contribution in [0.5, 0.6) is 0 Å². The van der Waals surface area contributed by atoms with Gasteiger partial charge in [0.15, 0.2) is 0 Å². The van der Waals surface area contributed by atoms with Gasteiger partial charge in [-0.1, -0.05) is 12.8 Å². The fourth-order valence-electron chi connectivity index (χ4n) is 2.52. The third-order valence-electron chi connectivity index (χ3n) is 3.60. The molecule has 5 heteroatoms. The van der Waals surface area contributed by atoms with E-state index in [-0.39, 0.29) is 6.04 Å². The quantitative estimate of drug-likeness (QED) is 0.840. The number of rotatable bonds is 5. The van der Waals surface area contributed by atoms with Crippen LogP contribution in [0.3, 0.4) is 0 Å². The molecule has 1 atom stereocenters. The van der Waals surface area contributed by atoms with Gasteiger partial charge in [0.1, 0.15) is 17.6 Å². The largest absolute Gasteiger partial charge is 0.467 e. The minimum Gasteiger partial charge on any atom is -0.467 e. The van der Waals surface area contributed by atoms with Gasteiger partial charge in [0.25, 0.3) is 0 Å². The fourth-order valence-corrected chi connectivity index (χ4v) is 2.52. The van der Waals surface area contributed by atoms with Gasteiger partial charge in [0.05, 0.1) is 12.4 Å². The van der Waals surface area contributed by atoms with E-state index in [4.69, 9.17) is 9.25 Å². The van der Waals surface area contributed by atoms with Gasteiger partial charge in [0.2, 0.25) is 0 Å². The van der Waals surface area contributed by atoms with E-state index >= 15 is 0 Å². The number of hydrogen-bond acceptors (Lipinski definition) is 4. The van der Waals surface area contributed by atoms with Crippen molar-refractivity contribution in [3.8, 4) is 0 Å². The Morgan fingerprint density at radius 2 is 2.32 bits per heavy atom. The molecule has 0 bridgehead atoms. The first-order chi connectivity index (χ1) is 9.34. The summed E-state index contributed by atoms with van der Waals surface area (Å²) < 4.78 is 7.46. The number of hydrogen-bond donors (Lipinski definition) is 1. The lowest BCUT2D eigenvalue weighted by Gasteiger charge is -2.19. The third kappa shape index (κ3) is 2.72. The Kier molecular flexibility index (Phi) is 3.66. The van der Waals surface area contributed by atoms with Crippen LogP contribution in [0.1, 0.15) is 43.3 Å². The van der Waals surface area contributed by atoms with Crippen LogP contribution in [0.25, 0.3) is 0 Å². The monoisotopic (exact) mass is 261 g/mol. The van der Waals surface area contributed by atoms with Gasteiger partial charge in [-0.05, 0) is 25.0 Å². The molecule has 1 N–H and O–H groups in total. The summed E-state index contributed by atoms with van der Waals surface area (Å²) >= 11 is 0. The molecule has 19 heavy (non-hydrogen) atoms. The second-order valence-corrected chi connectivity index (χ2v) is 4.99. The second-order valence-electron chi connectivity index (χ2n) is 4.99. The number of aryl methyl sites for hydroxylation is 1.